The summed E-state index contributed by atoms with van der Waals surface area (Å²) in [5.41, 5.74) is 4.78. The van der Waals surface area contributed by atoms with Crippen molar-refractivity contribution in [1.29, 1.82) is 0 Å². The molecule has 1 atom stereocenters. The third-order valence-corrected chi connectivity index (χ3v) is 8.66. The number of nitrogens with zero attached hydrogens (tertiary/aromatic N) is 4. The van der Waals surface area contributed by atoms with Gasteiger partial charge in [-0.1, -0.05) is 68.4 Å². The van der Waals surface area contributed by atoms with E-state index in [4.69, 9.17) is 21.9 Å². The minimum absolute atomic E-state index is 0.125. The first-order chi connectivity index (χ1) is 20.9. The van der Waals surface area contributed by atoms with Crippen molar-refractivity contribution in [3.8, 4) is 0 Å². The summed E-state index contributed by atoms with van der Waals surface area (Å²) < 4.78 is 5.58. The molecular weight excluding hydrogens is 560 g/mol. The number of rotatable bonds is 5. The van der Waals surface area contributed by atoms with Gasteiger partial charge in [-0.2, -0.15) is 0 Å². The topological polar surface area (TPSA) is 93.8 Å². The van der Waals surface area contributed by atoms with Crippen molar-refractivity contribution in [2.75, 3.05) is 36.4 Å². The van der Waals surface area contributed by atoms with Gasteiger partial charge in [0.05, 0.1) is 16.9 Å². The number of para-hydroxylation sites is 1. The molecule has 9 nitrogen and oxygen atoms in total. The lowest BCUT2D eigenvalue weighted by atomic mass is 9.97. The number of nitrogens with one attached hydrogen (secondary N) is 2. The van der Waals surface area contributed by atoms with E-state index >= 15 is 0 Å². The van der Waals surface area contributed by atoms with Gasteiger partial charge in [-0.25, -0.2) is 9.78 Å². The van der Waals surface area contributed by atoms with Crippen molar-refractivity contribution < 1.29 is 9.53 Å². The predicted molar refractivity (Wildman–Crippen MR) is 173 cm³/mol. The highest BCUT2D eigenvalue weighted by molar-refractivity contribution is 7.80. The Labute approximate surface area is 256 Å². The van der Waals surface area contributed by atoms with Crippen LogP contribution in [0.3, 0.4) is 0 Å². The standard InChI is InChI=1S/C33H36N6O3S/c1-22(2)29-20-37(31-34-28-13-7-6-12-26(28)30(40)36-31)17-18-39(29)32(43)35-27-14-8-11-24-19-38(16-15-25(24)27)33(41)42-21-23-9-4-3-5-10-23/h3-14,22,29H,15-21H2,1-2H3,(H,35,43)(H,34,36,40). The predicted octanol–water partition coefficient (Wildman–Crippen LogP) is 5.16. The van der Waals surface area contributed by atoms with Crippen molar-refractivity contribution in [1.82, 2.24) is 19.8 Å². The van der Waals surface area contributed by atoms with Crippen LogP contribution in [0.5, 0.6) is 0 Å². The molecule has 1 unspecified atom stereocenters. The van der Waals surface area contributed by atoms with E-state index < -0.39 is 0 Å². The summed E-state index contributed by atoms with van der Waals surface area (Å²) in [5, 5.41) is 4.80. The largest absolute Gasteiger partial charge is 0.445 e. The van der Waals surface area contributed by atoms with E-state index in [1.54, 1.807) is 11.0 Å². The molecular formula is C33H36N6O3S. The fraction of sp³-hybridized carbons (Fsp3) is 0.333. The zero-order valence-corrected chi connectivity index (χ0v) is 25.3. The monoisotopic (exact) mass is 596 g/mol. The second-order valence-corrected chi connectivity index (χ2v) is 11.8. The van der Waals surface area contributed by atoms with Crippen LogP contribution in [0.4, 0.5) is 16.4 Å². The van der Waals surface area contributed by atoms with Gasteiger partial charge in [-0.3, -0.25) is 9.78 Å². The summed E-state index contributed by atoms with van der Waals surface area (Å²) in [6.07, 6.45) is 0.410. The third kappa shape index (κ3) is 6.19. The van der Waals surface area contributed by atoms with E-state index in [9.17, 15) is 9.59 Å². The Morgan fingerprint density at radius 3 is 2.65 bits per heavy atom. The summed E-state index contributed by atoms with van der Waals surface area (Å²) >= 11 is 5.98. The molecule has 4 aromatic rings. The van der Waals surface area contributed by atoms with Crippen LogP contribution >= 0.6 is 12.2 Å². The smallest absolute Gasteiger partial charge is 0.410 e. The number of hydrogen-bond acceptors (Lipinski definition) is 6. The van der Waals surface area contributed by atoms with Gasteiger partial charge >= 0.3 is 6.09 Å². The Hall–Kier alpha value is -4.44. The minimum atomic E-state index is -0.303. The number of piperazine rings is 1. The van der Waals surface area contributed by atoms with Gasteiger partial charge < -0.3 is 24.8 Å². The van der Waals surface area contributed by atoms with Gasteiger partial charge in [0.1, 0.15) is 6.61 Å². The molecule has 2 aliphatic rings. The van der Waals surface area contributed by atoms with Gasteiger partial charge in [-0.05, 0) is 59.4 Å². The van der Waals surface area contributed by atoms with Crippen LogP contribution in [0.15, 0.2) is 77.6 Å². The van der Waals surface area contributed by atoms with Gasteiger partial charge in [0.2, 0.25) is 5.95 Å². The summed E-state index contributed by atoms with van der Waals surface area (Å²) in [6.45, 7) is 7.78. The lowest BCUT2D eigenvalue weighted by Gasteiger charge is -2.45. The Morgan fingerprint density at radius 2 is 1.84 bits per heavy atom. The zero-order chi connectivity index (χ0) is 29.9. The van der Waals surface area contributed by atoms with Crippen LogP contribution < -0.4 is 15.8 Å². The molecule has 3 heterocycles. The SMILES string of the molecule is CC(C)C1CN(c2nc3ccccc3c(=O)[nH]2)CCN1C(=S)Nc1cccc2c1CCN(C(=O)OCc1ccccc1)C2. The number of aromatic nitrogens is 2. The molecule has 3 aromatic carbocycles. The van der Waals surface area contributed by atoms with Gasteiger partial charge in [-0.15, -0.1) is 0 Å². The summed E-state index contributed by atoms with van der Waals surface area (Å²) in [6, 6.07) is 23.4. The number of benzene rings is 3. The minimum Gasteiger partial charge on any atom is -0.445 e. The molecule has 1 aromatic heterocycles. The molecule has 1 amide bonds. The Morgan fingerprint density at radius 1 is 1.05 bits per heavy atom. The molecule has 6 rings (SSSR count). The maximum absolute atomic E-state index is 12.8. The van der Waals surface area contributed by atoms with Crippen LogP contribution in [0.1, 0.15) is 30.5 Å². The number of thiocarbonyl (C=S) groups is 1. The lowest BCUT2D eigenvalue weighted by molar-refractivity contribution is 0.0919. The quantitative estimate of drug-likeness (QED) is 0.305. The van der Waals surface area contributed by atoms with E-state index in [1.165, 1.54) is 5.56 Å². The second-order valence-electron chi connectivity index (χ2n) is 11.4. The van der Waals surface area contributed by atoms with Crippen LogP contribution in [0.25, 0.3) is 10.9 Å². The molecule has 43 heavy (non-hydrogen) atoms. The normalized spacial score (nSPS) is 16.7. The zero-order valence-electron chi connectivity index (χ0n) is 24.5. The Balaban J connectivity index is 1.12. The number of carbonyl (C=O) groups excluding carboxylic acids is 1. The number of fused-ring (bicyclic) bond motifs is 2. The average molecular weight is 597 g/mol. The fourth-order valence-electron chi connectivity index (χ4n) is 5.93. The highest BCUT2D eigenvalue weighted by Gasteiger charge is 2.33. The molecule has 2 N–H and O–H groups in total. The first-order valence-corrected chi connectivity index (χ1v) is 15.2. The van der Waals surface area contributed by atoms with Gasteiger partial charge in [0.25, 0.3) is 5.56 Å². The molecule has 1 fully saturated rings. The maximum Gasteiger partial charge on any atom is 0.410 e. The van der Waals surface area contributed by atoms with Crippen molar-refractivity contribution in [3.05, 3.63) is 99.8 Å². The number of ether oxygens (including phenoxy) is 1. The van der Waals surface area contributed by atoms with E-state index in [1.807, 2.05) is 54.6 Å². The fourth-order valence-corrected chi connectivity index (χ4v) is 6.27. The van der Waals surface area contributed by atoms with Crippen molar-refractivity contribution in [3.63, 3.8) is 0 Å². The molecule has 0 radical (unpaired) electrons. The molecule has 0 aliphatic carbocycles. The van der Waals surface area contributed by atoms with E-state index in [2.05, 4.69) is 46.1 Å². The highest BCUT2D eigenvalue weighted by Crippen LogP contribution is 2.28. The molecule has 2 aliphatic heterocycles. The van der Waals surface area contributed by atoms with Gasteiger partial charge in [0, 0.05) is 38.4 Å². The highest BCUT2D eigenvalue weighted by atomic mass is 32.1. The van der Waals surface area contributed by atoms with E-state index in [0.717, 1.165) is 16.8 Å². The lowest BCUT2D eigenvalue weighted by Crippen LogP contribution is -2.58. The number of anilines is 2. The Bertz CT molecular complexity index is 1690. The van der Waals surface area contributed by atoms with Crippen molar-refractivity contribution >= 4 is 46.0 Å². The van der Waals surface area contributed by atoms with Crippen LogP contribution in [-0.2, 0) is 24.3 Å². The first-order valence-electron chi connectivity index (χ1n) is 14.8. The van der Waals surface area contributed by atoms with Gasteiger partial charge in [0.15, 0.2) is 5.11 Å². The first kappa shape index (κ1) is 28.7. The van der Waals surface area contributed by atoms with Crippen molar-refractivity contribution in [2.24, 2.45) is 5.92 Å². The number of carbonyl (C=O) groups is 1. The van der Waals surface area contributed by atoms with Crippen LogP contribution in [0, 0.1) is 5.92 Å². The number of amides is 1. The second kappa shape index (κ2) is 12.4. The van der Waals surface area contributed by atoms with E-state index in [-0.39, 0.29) is 24.3 Å². The molecule has 0 bridgehead atoms. The molecule has 1 saturated heterocycles. The van der Waals surface area contributed by atoms with Crippen LogP contribution in [-0.4, -0.2) is 63.2 Å². The Kier molecular flexibility index (Phi) is 8.29. The van der Waals surface area contributed by atoms with Crippen LogP contribution in [0.2, 0.25) is 0 Å². The summed E-state index contributed by atoms with van der Waals surface area (Å²) in [5.74, 6) is 0.909. The number of H-pyrrole nitrogens is 1. The molecule has 222 valence electrons. The third-order valence-electron chi connectivity index (χ3n) is 8.32. The molecule has 10 heteroatoms. The summed E-state index contributed by atoms with van der Waals surface area (Å²) in [7, 11) is 0. The number of hydrogen-bond donors (Lipinski definition) is 2. The molecule has 0 saturated carbocycles. The number of aromatic amines is 1. The molecule has 0 spiro atoms. The summed E-state index contributed by atoms with van der Waals surface area (Å²) in [4.78, 5) is 39.4. The van der Waals surface area contributed by atoms with E-state index in [0.29, 0.717) is 67.0 Å². The maximum atomic E-state index is 12.8. The van der Waals surface area contributed by atoms with Crippen molar-refractivity contribution in [2.45, 2.75) is 39.5 Å². The average Bonchev–Trinajstić information content (AvgIpc) is 3.03.